The molecule has 0 spiro atoms. The molecule has 1 aliphatic heterocycles. The molecule has 0 saturated heterocycles. The number of carbonyl (C=O) groups excluding carboxylic acids is 2. The molecule has 0 unspecified atom stereocenters. The van der Waals surface area contributed by atoms with E-state index in [4.69, 9.17) is 9.47 Å². The first kappa shape index (κ1) is 17.2. The molecule has 1 aromatic heterocycles. The molecular weight excluding hydrogens is 312 g/mol. The Kier molecular flexibility index (Phi) is 4.58. The second-order valence-corrected chi connectivity index (χ2v) is 6.03. The number of aromatic nitrogens is 2. The molecule has 23 heavy (non-hydrogen) atoms. The van der Waals surface area contributed by atoms with Crippen LogP contribution < -0.4 is 0 Å². The van der Waals surface area contributed by atoms with Gasteiger partial charge in [-0.15, -0.1) is 0 Å². The van der Waals surface area contributed by atoms with Crippen LogP contribution >= 0.6 is 0 Å². The van der Waals surface area contributed by atoms with Gasteiger partial charge in [-0.1, -0.05) is 0 Å². The van der Waals surface area contributed by atoms with Crippen LogP contribution in [0.1, 0.15) is 56.3 Å². The fraction of sp³-hybridized carbons (Fsp3) is 0.643. The zero-order valence-electron chi connectivity index (χ0n) is 13.4. The summed E-state index contributed by atoms with van der Waals surface area (Å²) < 4.78 is 37.0. The number of hydrogen-bond acceptors (Lipinski definition) is 5. The molecule has 0 bridgehead atoms. The summed E-state index contributed by atoms with van der Waals surface area (Å²) in [6, 6.07) is 0. The van der Waals surface area contributed by atoms with Crippen LogP contribution in [0.4, 0.5) is 13.6 Å². The summed E-state index contributed by atoms with van der Waals surface area (Å²) in [5.74, 6) is -1.36. The monoisotopic (exact) mass is 331 g/mol. The fourth-order valence-electron chi connectivity index (χ4n) is 2.23. The lowest BCUT2D eigenvalue weighted by Gasteiger charge is -2.24. The maximum Gasteiger partial charge on any atom is 0.410 e. The van der Waals surface area contributed by atoms with E-state index in [1.54, 1.807) is 27.7 Å². The quantitative estimate of drug-likeness (QED) is 0.796. The number of imidazole rings is 1. The van der Waals surface area contributed by atoms with Crippen LogP contribution in [0.5, 0.6) is 0 Å². The van der Waals surface area contributed by atoms with Gasteiger partial charge in [-0.2, -0.15) is 8.78 Å². The number of amides is 1. The Morgan fingerprint density at radius 3 is 2.48 bits per heavy atom. The van der Waals surface area contributed by atoms with Crippen LogP contribution in [0, 0.1) is 0 Å². The number of carbonyl (C=O) groups is 2. The average Bonchev–Trinajstić information content (AvgIpc) is 2.92. The standard InChI is InChI=1S/C14H19F2N3O4/c1-5-22-11(20)10-17-8-6-18(13(21)23-14(2,3)4)7-9(8)19(10)12(15)16/h12H,5-7H2,1-4H3. The first-order valence-corrected chi connectivity index (χ1v) is 7.17. The minimum atomic E-state index is -2.95. The molecule has 1 aliphatic rings. The van der Waals surface area contributed by atoms with E-state index < -0.39 is 30.0 Å². The van der Waals surface area contributed by atoms with Crippen molar-refractivity contribution in [2.45, 2.75) is 52.9 Å². The van der Waals surface area contributed by atoms with Gasteiger partial charge in [-0.3, -0.25) is 9.47 Å². The minimum absolute atomic E-state index is 0.0103. The van der Waals surface area contributed by atoms with Crippen LogP contribution in [-0.4, -0.2) is 38.7 Å². The van der Waals surface area contributed by atoms with Crippen molar-refractivity contribution in [1.82, 2.24) is 14.5 Å². The molecular formula is C14H19F2N3O4. The first-order chi connectivity index (χ1) is 10.6. The maximum atomic E-state index is 13.3. The van der Waals surface area contributed by atoms with E-state index in [0.29, 0.717) is 4.57 Å². The van der Waals surface area contributed by atoms with Crippen molar-refractivity contribution in [3.63, 3.8) is 0 Å². The summed E-state index contributed by atoms with van der Waals surface area (Å²) in [6.07, 6.45) is -0.617. The van der Waals surface area contributed by atoms with Crippen molar-refractivity contribution in [2.24, 2.45) is 0 Å². The molecule has 0 radical (unpaired) electrons. The van der Waals surface area contributed by atoms with E-state index in [-0.39, 0.29) is 31.1 Å². The molecule has 2 rings (SSSR count). The molecule has 0 fully saturated rings. The predicted octanol–water partition coefficient (Wildman–Crippen LogP) is 2.71. The van der Waals surface area contributed by atoms with Gasteiger partial charge >= 0.3 is 18.6 Å². The summed E-state index contributed by atoms with van der Waals surface area (Å²) in [5, 5.41) is 0. The minimum Gasteiger partial charge on any atom is -0.460 e. The zero-order valence-corrected chi connectivity index (χ0v) is 13.4. The summed E-state index contributed by atoms with van der Waals surface area (Å²) in [5.41, 5.74) is -0.320. The van der Waals surface area contributed by atoms with Gasteiger partial charge in [0.15, 0.2) is 0 Å². The van der Waals surface area contributed by atoms with E-state index in [1.807, 2.05) is 0 Å². The number of hydrogen-bond donors (Lipinski definition) is 0. The largest absolute Gasteiger partial charge is 0.460 e. The third kappa shape index (κ3) is 3.59. The molecule has 1 aromatic rings. The number of fused-ring (bicyclic) bond motifs is 1. The van der Waals surface area contributed by atoms with Gasteiger partial charge in [0.2, 0.25) is 5.82 Å². The Morgan fingerprint density at radius 1 is 1.30 bits per heavy atom. The lowest BCUT2D eigenvalue weighted by Crippen LogP contribution is -2.34. The SMILES string of the molecule is CCOC(=O)c1nc2c(n1C(F)F)CN(C(=O)OC(C)(C)C)C2. The van der Waals surface area contributed by atoms with Crippen LogP contribution in [0.25, 0.3) is 0 Å². The molecule has 0 N–H and O–H groups in total. The fourth-order valence-corrected chi connectivity index (χ4v) is 2.23. The van der Waals surface area contributed by atoms with Crippen molar-refractivity contribution in [2.75, 3.05) is 6.61 Å². The lowest BCUT2D eigenvalue weighted by atomic mass is 10.2. The maximum absolute atomic E-state index is 13.3. The molecule has 0 atom stereocenters. The highest BCUT2D eigenvalue weighted by Gasteiger charge is 2.36. The second kappa shape index (κ2) is 6.13. The molecule has 7 nitrogen and oxygen atoms in total. The van der Waals surface area contributed by atoms with Crippen molar-refractivity contribution in [1.29, 1.82) is 0 Å². The van der Waals surface area contributed by atoms with Crippen LogP contribution in [0.3, 0.4) is 0 Å². The summed E-state index contributed by atoms with van der Waals surface area (Å²) in [4.78, 5) is 28.9. The smallest absolute Gasteiger partial charge is 0.410 e. The van der Waals surface area contributed by atoms with Gasteiger partial charge < -0.3 is 9.47 Å². The van der Waals surface area contributed by atoms with Gasteiger partial charge in [0.25, 0.3) is 0 Å². The number of ether oxygens (including phenoxy) is 2. The number of nitrogens with zero attached hydrogens (tertiary/aromatic N) is 3. The van der Waals surface area contributed by atoms with Crippen molar-refractivity contribution < 1.29 is 27.8 Å². The Hall–Kier alpha value is -2.19. The molecule has 0 aromatic carbocycles. The van der Waals surface area contributed by atoms with Gasteiger partial charge in [0.05, 0.1) is 31.1 Å². The summed E-state index contributed by atoms with van der Waals surface area (Å²) in [6.45, 7) is 3.73. The molecule has 1 amide bonds. The van der Waals surface area contributed by atoms with Crippen molar-refractivity contribution >= 4 is 12.1 Å². The van der Waals surface area contributed by atoms with Crippen molar-refractivity contribution in [3.05, 3.63) is 17.2 Å². The van der Waals surface area contributed by atoms with E-state index in [2.05, 4.69) is 4.98 Å². The highest BCUT2D eigenvalue weighted by molar-refractivity contribution is 5.86. The number of halogens is 2. The molecule has 2 heterocycles. The normalized spacial score (nSPS) is 14.1. The Morgan fingerprint density at radius 2 is 1.96 bits per heavy atom. The zero-order chi connectivity index (χ0) is 17.4. The van der Waals surface area contributed by atoms with Crippen LogP contribution in [0.15, 0.2) is 0 Å². The number of alkyl halides is 2. The van der Waals surface area contributed by atoms with E-state index in [1.165, 1.54) is 4.90 Å². The first-order valence-electron chi connectivity index (χ1n) is 7.17. The Balaban J connectivity index is 2.24. The third-order valence-corrected chi connectivity index (χ3v) is 3.08. The van der Waals surface area contributed by atoms with Gasteiger partial charge in [-0.05, 0) is 27.7 Å². The molecule has 0 aliphatic carbocycles. The third-order valence-electron chi connectivity index (χ3n) is 3.08. The Bertz CT molecular complexity index is 622. The highest BCUT2D eigenvalue weighted by Crippen LogP contribution is 2.29. The summed E-state index contributed by atoms with van der Waals surface area (Å²) >= 11 is 0. The van der Waals surface area contributed by atoms with Crippen LogP contribution in [-0.2, 0) is 22.6 Å². The van der Waals surface area contributed by atoms with E-state index >= 15 is 0 Å². The van der Waals surface area contributed by atoms with Gasteiger partial charge in [0, 0.05) is 0 Å². The lowest BCUT2D eigenvalue weighted by molar-refractivity contribution is 0.0216. The van der Waals surface area contributed by atoms with E-state index in [9.17, 15) is 18.4 Å². The van der Waals surface area contributed by atoms with Gasteiger partial charge in [0.1, 0.15) is 5.60 Å². The molecule has 0 saturated carbocycles. The molecule has 128 valence electrons. The number of esters is 1. The topological polar surface area (TPSA) is 73.7 Å². The predicted molar refractivity (Wildman–Crippen MR) is 74.9 cm³/mol. The van der Waals surface area contributed by atoms with Gasteiger partial charge in [-0.25, -0.2) is 14.6 Å². The average molecular weight is 331 g/mol. The van der Waals surface area contributed by atoms with Crippen molar-refractivity contribution in [3.8, 4) is 0 Å². The second-order valence-electron chi connectivity index (χ2n) is 6.03. The van der Waals surface area contributed by atoms with Crippen LogP contribution in [0.2, 0.25) is 0 Å². The molecule has 9 heteroatoms. The highest BCUT2D eigenvalue weighted by atomic mass is 19.3. The summed E-state index contributed by atoms with van der Waals surface area (Å²) in [7, 11) is 0. The Labute approximate surface area is 132 Å². The number of rotatable bonds is 3. The van der Waals surface area contributed by atoms with E-state index in [0.717, 1.165) is 0 Å².